The molecule has 3 aromatic rings. The lowest BCUT2D eigenvalue weighted by Crippen LogP contribution is -2.38. The minimum Gasteiger partial charge on any atom is -0.410 e. The van der Waals surface area contributed by atoms with E-state index >= 15 is 0 Å². The highest BCUT2D eigenvalue weighted by atomic mass is 19.1. The monoisotopic (exact) mass is 511 g/mol. The van der Waals surface area contributed by atoms with E-state index in [1.807, 2.05) is 30.3 Å². The van der Waals surface area contributed by atoms with Crippen LogP contribution in [0.3, 0.4) is 0 Å². The number of nitrogens with zero attached hydrogens (tertiary/aromatic N) is 4. The normalized spacial score (nSPS) is 15.7. The minimum absolute atomic E-state index is 0.103. The quantitative estimate of drug-likeness (QED) is 0.531. The first-order chi connectivity index (χ1) is 18.3. The molecule has 1 aliphatic heterocycles. The molecule has 0 bridgehead atoms. The number of likely N-dealkylation sites (tertiary alicyclic amines) is 1. The molecule has 1 aliphatic rings. The Morgan fingerprint density at radius 1 is 1.00 bits per heavy atom. The van der Waals surface area contributed by atoms with E-state index in [9.17, 15) is 19.2 Å². The van der Waals surface area contributed by atoms with Crippen molar-refractivity contribution in [2.24, 2.45) is 0 Å². The molecular formula is C29H26FN5O3. The van der Waals surface area contributed by atoms with Crippen molar-refractivity contribution in [3.63, 3.8) is 0 Å². The molecule has 0 radical (unpaired) electrons. The molecule has 1 unspecified atom stereocenters. The van der Waals surface area contributed by atoms with Gasteiger partial charge < -0.3 is 15.0 Å². The van der Waals surface area contributed by atoms with Gasteiger partial charge in [-0.15, -0.1) is 0 Å². The van der Waals surface area contributed by atoms with Crippen molar-refractivity contribution < 1.29 is 18.7 Å². The van der Waals surface area contributed by atoms with Crippen LogP contribution in [0.5, 0.6) is 5.75 Å². The SMILES string of the molecule is CN(C)C(=O)Oc1ccc(C(c2ccc(C#N)cc2)N2CC[C@@H](NC(=O)c3ccc(C#N)cc3F)C2)cc1. The van der Waals surface area contributed by atoms with Gasteiger partial charge in [-0.25, -0.2) is 9.18 Å². The van der Waals surface area contributed by atoms with Gasteiger partial charge in [-0.2, -0.15) is 10.5 Å². The van der Waals surface area contributed by atoms with Gasteiger partial charge in [0.25, 0.3) is 5.91 Å². The summed E-state index contributed by atoms with van der Waals surface area (Å²) in [5, 5.41) is 21.1. The Labute approximate surface area is 220 Å². The van der Waals surface area contributed by atoms with Crippen molar-refractivity contribution in [1.29, 1.82) is 10.5 Å². The summed E-state index contributed by atoms with van der Waals surface area (Å²) in [6, 6.07) is 22.0. The Bertz CT molecular complexity index is 1410. The first kappa shape index (κ1) is 26.3. The van der Waals surface area contributed by atoms with Gasteiger partial charge in [0.05, 0.1) is 34.9 Å². The van der Waals surface area contributed by atoms with E-state index in [4.69, 9.17) is 10.00 Å². The highest BCUT2D eigenvalue weighted by Gasteiger charge is 2.31. The van der Waals surface area contributed by atoms with Crippen molar-refractivity contribution in [2.75, 3.05) is 27.2 Å². The van der Waals surface area contributed by atoms with Crippen LogP contribution in [-0.2, 0) is 0 Å². The number of nitrogens with one attached hydrogen (secondary N) is 1. The highest BCUT2D eigenvalue weighted by Crippen LogP contribution is 2.33. The number of halogens is 1. The van der Waals surface area contributed by atoms with Crippen LogP contribution in [0.15, 0.2) is 66.7 Å². The topological polar surface area (TPSA) is 109 Å². The Morgan fingerprint density at radius 3 is 2.18 bits per heavy atom. The molecule has 0 spiro atoms. The van der Waals surface area contributed by atoms with E-state index in [1.54, 1.807) is 38.4 Å². The van der Waals surface area contributed by atoms with Crippen LogP contribution in [0.25, 0.3) is 0 Å². The molecular weight excluding hydrogens is 485 g/mol. The van der Waals surface area contributed by atoms with Crippen molar-refractivity contribution >= 4 is 12.0 Å². The van der Waals surface area contributed by atoms with Crippen LogP contribution < -0.4 is 10.1 Å². The Morgan fingerprint density at radius 2 is 1.61 bits per heavy atom. The number of nitriles is 2. The van der Waals surface area contributed by atoms with Crippen molar-refractivity contribution in [3.05, 3.63) is 100 Å². The van der Waals surface area contributed by atoms with Crippen LogP contribution in [0.4, 0.5) is 9.18 Å². The van der Waals surface area contributed by atoms with E-state index in [0.717, 1.165) is 17.2 Å². The van der Waals surface area contributed by atoms with Gasteiger partial charge >= 0.3 is 6.09 Å². The summed E-state index contributed by atoms with van der Waals surface area (Å²) in [5.41, 5.74) is 2.51. The lowest BCUT2D eigenvalue weighted by molar-refractivity contribution is 0.0932. The number of hydrogen-bond acceptors (Lipinski definition) is 6. The van der Waals surface area contributed by atoms with Crippen molar-refractivity contribution in [3.8, 4) is 17.9 Å². The smallest absolute Gasteiger partial charge is 0.410 e. The first-order valence-corrected chi connectivity index (χ1v) is 12.0. The van der Waals surface area contributed by atoms with E-state index in [0.29, 0.717) is 30.8 Å². The fourth-order valence-electron chi connectivity index (χ4n) is 4.44. The average molecular weight is 512 g/mol. The van der Waals surface area contributed by atoms with Crippen molar-refractivity contribution in [1.82, 2.24) is 15.1 Å². The molecule has 1 N–H and O–H groups in total. The number of ether oxygens (including phenoxy) is 1. The van der Waals surface area contributed by atoms with Gasteiger partial charge in [-0.05, 0) is 60.0 Å². The van der Waals surface area contributed by atoms with Gasteiger partial charge in [0.1, 0.15) is 11.6 Å². The molecule has 0 saturated carbocycles. The maximum absolute atomic E-state index is 14.3. The number of amides is 2. The van der Waals surface area contributed by atoms with Crippen LogP contribution in [0, 0.1) is 28.5 Å². The zero-order valence-corrected chi connectivity index (χ0v) is 21.0. The lowest BCUT2D eigenvalue weighted by Gasteiger charge is -2.29. The summed E-state index contributed by atoms with van der Waals surface area (Å²) in [7, 11) is 3.21. The summed E-state index contributed by atoms with van der Waals surface area (Å²) in [5.74, 6) is -0.843. The summed E-state index contributed by atoms with van der Waals surface area (Å²) in [4.78, 5) is 28.2. The highest BCUT2D eigenvalue weighted by molar-refractivity contribution is 5.94. The zero-order chi connectivity index (χ0) is 27.2. The summed E-state index contributed by atoms with van der Waals surface area (Å²) < 4.78 is 19.7. The predicted octanol–water partition coefficient (Wildman–Crippen LogP) is 4.22. The van der Waals surface area contributed by atoms with E-state index in [-0.39, 0.29) is 23.2 Å². The van der Waals surface area contributed by atoms with E-state index < -0.39 is 17.8 Å². The molecule has 2 amide bonds. The predicted molar refractivity (Wildman–Crippen MR) is 138 cm³/mol. The molecule has 1 saturated heterocycles. The molecule has 3 aromatic carbocycles. The molecule has 1 fully saturated rings. The maximum atomic E-state index is 14.3. The summed E-state index contributed by atoms with van der Waals surface area (Å²) in [6.45, 7) is 1.19. The second-order valence-electron chi connectivity index (χ2n) is 9.23. The lowest BCUT2D eigenvalue weighted by atomic mass is 9.96. The largest absolute Gasteiger partial charge is 0.414 e. The third-order valence-electron chi connectivity index (χ3n) is 6.38. The Kier molecular flexibility index (Phi) is 8.00. The van der Waals surface area contributed by atoms with Crippen LogP contribution in [-0.4, -0.2) is 55.0 Å². The Balaban J connectivity index is 1.54. The first-order valence-electron chi connectivity index (χ1n) is 12.0. The van der Waals surface area contributed by atoms with Gasteiger partial charge in [0.2, 0.25) is 0 Å². The summed E-state index contributed by atoms with van der Waals surface area (Å²) in [6.07, 6.45) is 0.188. The van der Waals surface area contributed by atoms with Gasteiger partial charge in [-0.1, -0.05) is 24.3 Å². The fraction of sp³-hybridized carbons (Fsp3) is 0.241. The Hall–Kier alpha value is -4.73. The van der Waals surface area contributed by atoms with Crippen LogP contribution in [0.2, 0.25) is 0 Å². The number of carbonyl (C=O) groups is 2. The minimum atomic E-state index is -0.734. The molecule has 8 nitrogen and oxygen atoms in total. The average Bonchev–Trinajstić information content (AvgIpc) is 3.37. The molecule has 0 aliphatic carbocycles. The second kappa shape index (κ2) is 11.5. The standard InChI is InChI=1S/C29H26FN5O3/c1-34(2)29(37)38-24-10-8-22(9-11-24)27(21-6-3-19(16-31)4-7-21)35-14-13-23(18-35)33-28(36)25-12-5-20(17-32)15-26(25)30/h3-12,15,23,27H,13-14,18H2,1-2H3,(H,33,36)/t23-,27?/m1/s1. The molecule has 2 atom stereocenters. The third-order valence-corrected chi connectivity index (χ3v) is 6.38. The molecule has 1 heterocycles. The number of carbonyl (C=O) groups excluding carboxylic acids is 2. The van der Waals surface area contributed by atoms with E-state index in [2.05, 4.69) is 16.3 Å². The van der Waals surface area contributed by atoms with E-state index in [1.165, 1.54) is 17.0 Å². The van der Waals surface area contributed by atoms with Crippen LogP contribution in [0.1, 0.15) is 45.1 Å². The fourth-order valence-corrected chi connectivity index (χ4v) is 4.44. The van der Waals surface area contributed by atoms with Gasteiger partial charge in [-0.3, -0.25) is 9.69 Å². The van der Waals surface area contributed by atoms with Gasteiger partial charge in [0, 0.05) is 33.2 Å². The van der Waals surface area contributed by atoms with Crippen molar-refractivity contribution in [2.45, 2.75) is 18.5 Å². The molecule has 0 aromatic heterocycles. The van der Waals surface area contributed by atoms with Crippen LogP contribution >= 0.6 is 0 Å². The van der Waals surface area contributed by atoms with Gasteiger partial charge in [0.15, 0.2) is 0 Å². The summed E-state index contributed by atoms with van der Waals surface area (Å²) >= 11 is 0. The third kappa shape index (κ3) is 5.97. The number of rotatable bonds is 6. The molecule has 4 rings (SSSR count). The molecule has 38 heavy (non-hydrogen) atoms. The number of hydrogen-bond donors (Lipinski definition) is 1. The molecule has 9 heteroatoms. The maximum Gasteiger partial charge on any atom is 0.414 e. The second-order valence-corrected chi connectivity index (χ2v) is 9.23. The zero-order valence-electron chi connectivity index (χ0n) is 21.0. The number of benzene rings is 3. The molecule has 192 valence electrons.